The molecule has 7 nitrogen and oxygen atoms in total. The van der Waals surface area contributed by atoms with E-state index >= 15 is 0 Å². The smallest absolute Gasteiger partial charge is 0.252 e. The number of rotatable bonds is 7. The number of hydrogen-bond acceptors (Lipinski definition) is 5. The van der Waals surface area contributed by atoms with Crippen LogP contribution in [-0.4, -0.2) is 54.0 Å². The second-order valence-corrected chi connectivity index (χ2v) is 6.82. The summed E-state index contributed by atoms with van der Waals surface area (Å²) in [5.41, 5.74) is 2.18. The van der Waals surface area contributed by atoms with E-state index in [0.29, 0.717) is 25.3 Å². The summed E-state index contributed by atoms with van der Waals surface area (Å²) in [6.07, 6.45) is 1.60. The molecule has 0 aliphatic heterocycles. The van der Waals surface area contributed by atoms with E-state index in [1.165, 1.54) is 0 Å². The van der Waals surface area contributed by atoms with Gasteiger partial charge in [-0.15, -0.1) is 0 Å². The lowest BCUT2D eigenvalue weighted by Gasteiger charge is -2.15. The molecule has 0 unspecified atom stereocenters. The van der Waals surface area contributed by atoms with Crippen molar-refractivity contribution in [2.24, 2.45) is 7.05 Å². The highest BCUT2D eigenvalue weighted by molar-refractivity contribution is 5.97. The minimum Gasteiger partial charge on any atom is -0.383 e. The predicted octanol–water partition coefficient (Wildman–Crippen LogP) is 1.23. The van der Waals surface area contributed by atoms with Gasteiger partial charge in [0.05, 0.1) is 17.9 Å². The molecule has 7 heteroatoms. The fraction of sp³-hybridized carbons (Fsp3) is 0.588. The Balaban J connectivity index is 2.08. The van der Waals surface area contributed by atoms with Gasteiger partial charge < -0.3 is 15.4 Å². The Kier molecular flexibility index (Phi) is 5.90. The van der Waals surface area contributed by atoms with Crippen LogP contribution in [0.25, 0.3) is 11.0 Å². The predicted molar refractivity (Wildman–Crippen MR) is 94.3 cm³/mol. The zero-order valence-electron chi connectivity index (χ0n) is 15.1. The standard InChI is InChI=1S/C17H27N5O2/c1-17(2,3)14-13-10-12(11-20-15(13)22(4)21-14)16(23)19-7-6-18-8-9-24-5/h10-11,18H,6-9H2,1-5H3,(H,19,23). The lowest BCUT2D eigenvalue weighted by Crippen LogP contribution is -2.33. The van der Waals surface area contributed by atoms with Gasteiger partial charge in [-0.1, -0.05) is 20.8 Å². The van der Waals surface area contributed by atoms with E-state index in [9.17, 15) is 4.79 Å². The maximum absolute atomic E-state index is 12.3. The topological polar surface area (TPSA) is 81.1 Å². The first-order valence-electron chi connectivity index (χ1n) is 8.15. The van der Waals surface area contributed by atoms with Crippen molar-refractivity contribution in [3.05, 3.63) is 23.5 Å². The van der Waals surface area contributed by atoms with E-state index in [2.05, 4.69) is 41.5 Å². The van der Waals surface area contributed by atoms with Gasteiger partial charge in [0.1, 0.15) is 0 Å². The summed E-state index contributed by atoms with van der Waals surface area (Å²) in [6, 6.07) is 1.88. The fourth-order valence-corrected chi connectivity index (χ4v) is 2.48. The molecule has 2 aromatic rings. The van der Waals surface area contributed by atoms with Crippen LogP contribution in [0.15, 0.2) is 12.3 Å². The molecule has 0 atom stereocenters. The van der Waals surface area contributed by atoms with Crippen LogP contribution in [0.5, 0.6) is 0 Å². The third kappa shape index (κ3) is 4.30. The zero-order chi connectivity index (χ0) is 17.7. The van der Waals surface area contributed by atoms with Crippen LogP contribution < -0.4 is 10.6 Å². The number of aryl methyl sites for hydroxylation is 1. The third-order valence-electron chi connectivity index (χ3n) is 3.72. The van der Waals surface area contributed by atoms with Gasteiger partial charge >= 0.3 is 0 Å². The lowest BCUT2D eigenvalue weighted by atomic mass is 9.90. The Morgan fingerprint density at radius 1 is 1.29 bits per heavy atom. The van der Waals surface area contributed by atoms with Crippen molar-refractivity contribution < 1.29 is 9.53 Å². The molecule has 0 aliphatic carbocycles. The minimum absolute atomic E-state index is 0.110. The van der Waals surface area contributed by atoms with Gasteiger partial charge in [-0.3, -0.25) is 9.48 Å². The number of carbonyl (C=O) groups excluding carboxylic acids is 1. The first-order valence-corrected chi connectivity index (χ1v) is 8.15. The summed E-state index contributed by atoms with van der Waals surface area (Å²) in [4.78, 5) is 16.7. The normalized spacial score (nSPS) is 11.9. The minimum atomic E-state index is -0.123. The number of aromatic nitrogens is 3. The van der Waals surface area contributed by atoms with E-state index in [-0.39, 0.29) is 11.3 Å². The summed E-state index contributed by atoms with van der Waals surface area (Å²) in [7, 11) is 3.53. The molecule has 24 heavy (non-hydrogen) atoms. The van der Waals surface area contributed by atoms with Crippen molar-refractivity contribution in [1.82, 2.24) is 25.4 Å². The highest BCUT2D eigenvalue weighted by Gasteiger charge is 2.23. The number of carbonyl (C=O) groups is 1. The van der Waals surface area contributed by atoms with Crippen LogP contribution in [-0.2, 0) is 17.2 Å². The number of pyridine rings is 1. The van der Waals surface area contributed by atoms with Crippen LogP contribution in [0.2, 0.25) is 0 Å². The van der Waals surface area contributed by atoms with Gasteiger partial charge in [-0.25, -0.2) is 4.98 Å². The van der Waals surface area contributed by atoms with Crippen molar-refractivity contribution in [1.29, 1.82) is 0 Å². The molecule has 0 saturated heterocycles. The molecular formula is C17H27N5O2. The number of nitrogens with one attached hydrogen (secondary N) is 2. The molecule has 2 heterocycles. The molecule has 0 radical (unpaired) electrons. The molecule has 132 valence electrons. The molecule has 0 fully saturated rings. The quantitative estimate of drug-likeness (QED) is 0.745. The van der Waals surface area contributed by atoms with Crippen molar-refractivity contribution in [2.75, 3.05) is 33.4 Å². The van der Waals surface area contributed by atoms with E-state index in [1.54, 1.807) is 18.0 Å². The summed E-state index contributed by atoms with van der Waals surface area (Å²) in [5, 5.41) is 11.6. The first kappa shape index (κ1) is 18.4. The Labute approximate surface area is 142 Å². The van der Waals surface area contributed by atoms with Gasteiger partial charge in [-0.2, -0.15) is 5.10 Å². The fourth-order valence-electron chi connectivity index (χ4n) is 2.48. The molecule has 0 aliphatic rings. The number of amides is 1. The van der Waals surface area contributed by atoms with Crippen molar-refractivity contribution in [2.45, 2.75) is 26.2 Å². The zero-order valence-corrected chi connectivity index (χ0v) is 15.1. The molecule has 0 spiro atoms. The van der Waals surface area contributed by atoms with Gasteiger partial charge in [0.15, 0.2) is 5.65 Å². The van der Waals surface area contributed by atoms with Crippen LogP contribution in [0, 0.1) is 0 Å². The maximum atomic E-state index is 12.3. The van der Waals surface area contributed by atoms with E-state index in [1.807, 2.05) is 13.1 Å². The largest absolute Gasteiger partial charge is 0.383 e. The molecule has 1 amide bonds. The number of hydrogen-bond donors (Lipinski definition) is 2. The van der Waals surface area contributed by atoms with Crippen molar-refractivity contribution in [3.63, 3.8) is 0 Å². The summed E-state index contributed by atoms with van der Waals surface area (Å²) in [5.74, 6) is -0.123. The molecule has 2 rings (SSSR count). The lowest BCUT2D eigenvalue weighted by molar-refractivity contribution is 0.0953. The molecule has 0 bridgehead atoms. The van der Waals surface area contributed by atoms with Gasteiger partial charge in [0.2, 0.25) is 0 Å². The number of fused-ring (bicyclic) bond motifs is 1. The van der Waals surface area contributed by atoms with Gasteiger partial charge in [-0.05, 0) is 6.07 Å². The van der Waals surface area contributed by atoms with E-state index in [0.717, 1.165) is 23.3 Å². The summed E-state index contributed by atoms with van der Waals surface area (Å²) in [6.45, 7) is 8.99. The number of ether oxygens (including phenoxy) is 1. The summed E-state index contributed by atoms with van der Waals surface area (Å²) >= 11 is 0. The third-order valence-corrected chi connectivity index (χ3v) is 3.72. The highest BCUT2D eigenvalue weighted by atomic mass is 16.5. The monoisotopic (exact) mass is 333 g/mol. The molecule has 2 aromatic heterocycles. The van der Waals surface area contributed by atoms with E-state index in [4.69, 9.17) is 4.74 Å². The molecule has 2 N–H and O–H groups in total. The molecule has 0 aromatic carbocycles. The van der Waals surface area contributed by atoms with Gasteiger partial charge in [0, 0.05) is 50.8 Å². The Hall–Kier alpha value is -1.99. The Bertz CT molecular complexity index is 703. The summed E-state index contributed by atoms with van der Waals surface area (Å²) < 4.78 is 6.72. The van der Waals surface area contributed by atoms with Crippen LogP contribution in [0.4, 0.5) is 0 Å². The van der Waals surface area contributed by atoms with Crippen LogP contribution in [0.1, 0.15) is 36.8 Å². The molecular weight excluding hydrogens is 306 g/mol. The second kappa shape index (κ2) is 7.72. The average molecular weight is 333 g/mol. The van der Waals surface area contributed by atoms with Crippen LogP contribution in [0.3, 0.4) is 0 Å². The molecule has 0 saturated carbocycles. The Morgan fingerprint density at radius 3 is 2.71 bits per heavy atom. The maximum Gasteiger partial charge on any atom is 0.252 e. The van der Waals surface area contributed by atoms with Gasteiger partial charge in [0.25, 0.3) is 5.91 Å². The number of methoxy groups -OCH3 is 1. The van der Waals surface area contributed by atoms with Crippen molar-refractivity contribution in [3.8, 4) is 0 Å². The average Bonchev–Trinajstić information content (AvgIpc) is 2.87. The highest BCUT2D eigenvalue weighted by Crippen LogP contribution is 2.28. The second-order valence-electron chi connectivity index (χ2n) is 6.82. The number of nitrogens with zero attached hydrogens (tertiary/aromatic N) is 3. The SMILES string of the molecule is COCCNCCNC(=O)c1cnc2c(c1)c(C(C)(C)C)nn2C. The Morgan fingerprint density at radius 2 is 2.04 bits per heavy atom. The van der Waals surface area contributed by atoms with Crippen LogP contribution >= 0.6 is 0 Å². The first-order chi connectivity index (χ1) is 11.3. The van der Waals surface area contributed by atoms with E-state index < -0.39 is 0 Å². The van der Waals surface area contributed by atoms with Crippen molar-refractivity contribution >= 4 is 16.9 Å².